The van der Waals surface area contributed by atoms with Crippen LogP contribution in [0.15, 0.2) is 265 Å². The monoisotopic (exact) mass is 2370 g/mol. The molecule has 6 aliphatic heterocycles. The molecule has 1 saturated carbocycles. The molecule has 19 nitrogen and oxygen atoms in total. The molecule has 0 radical (unpaired) electrons. The number of fused-ring (bicyclic) bond motifs is 18. The molecule has 7 aliphatic rings. The van der Waals surface area contributed by atoms with E-state index in [0.29, 0.717) is 45.3 Å². The van der Waals surface area contributed by atoms with Crippen LogP contribution < -0.4 is 21.3 Å². The van der Waals surface area contributed by atoms with Crippen molar-refractivity contribution in [1.29, 1.82) is 0 Å². The Labute approximate surface area is 906 Å². The van der Waals surface area contributed by atoms with Crippen molar-refractivity contribution in [2.24, 2.45) is 0 Å². The van der Waals surface area contributed by atoms with Crippen LogP contribution in [0.4, 0.5) is 28.0 Å². The third-order valence-electron chi connectivity index (χ3n) is 28.5. The van der Waals surface area contributed by atoms with Gasteiger partial charge in [-0.1, -0.05) is 212 Å². The Morgan fingerprint density at radius 3 is 1.32 bits per heavy atom. The van der Waals surface area contributed by atoms with Crippen LogP contribution in [0.25, 0.3) is 65.4 Å². The number of nitro benzene ring substituents is 1. The lowest BCUT2D eigenvalue weighted by Gasteiger charge is -2.39. The first kappa shape index (κ1) is 102. The topological polar surface area (TPSA) is 239 Å². The van der Waals surface area contributed by atoms with Crippen LogP contribution in [0.1, 0.15) is 176 Å². The third-order valence-corrected chi connectivity index (χ3v) is 32.6. The van der Waals surface area contributed by atoms with E-state index in [0.717, 1.165) is 199 Å². The first-order valence-electron chi connectivity index (χ1n) is 48.2. The van der Waals surface area contributed by atoms with Gasteiger partial charge in [0.15, 0.2) is 5.11 Å². The van der Waals surface area contributed by atoms with E-state index in [1.807, 2.05) is 102 Å². The Morgan fingerprint density at radius 2 is 0.829 bits per heavy atom. The number of thiocarbonyl (C=S) groups is 1. The average Bonchev–Trinajstić information content (AvgIpc) is 1.61. The van der Waals surface area contributed by atoms with Gasteiger partial charge in [0.25, 0.3) is 5.69 Å². The summed E-state index contributed by atoms with van der Waals surface area (Å²) in [6, 6.07) is 74.3. The molecule has 10 N–H and O–H groups in total. The Morgan fingerprint density at radius 1 is 0.404 bits per heavy atom. The van der Waals surface area contributed by atoms with Gasteiger partial charge in [-0.25, -0.2) is 22.4 Å². The zero-order valence-electron chi connectivity index (χ0n) is 78.8. The Kier molecular flexibility index (Phi) is 31.0. The van der Waals surface area contributed by atoms with Crippen LogP contribution in [0.2, 0.25) is 20.1 Å². The minimum Gasteiger partial charge on any atom is -0.453 e. The van der Waals surface area contributed by atoms with Gasteiger partial charge in [-0.15, -0.1) is 0 Å². The summed E-state index contributed by atoms with van der Waals surface area (Å²) in [6.07, 6.45) is 11.0. The Balaban J connectivity index is 0.000000107. The number of methoxy groups -OCH3 is 1. The summed E-state index contributed by atoms with van der Waals surface area (Å²) in [6.45, 7) is 6.19. The Hall–Kier alpha value is -11.1. The molecular weight excluding hydrogens is 2280 g/mol. The number of benzene rings is 12. The van der Waals surface area contributed by atoms with Crippen molar-refractivity contribution in [2.75, 3.05) is 46.4 Å². The zero-order chi connectivity index (χ0) is 102. The SMILES string of the molecule is CC(=O)N1CCc2c([nH]c3ccc(Br)cc23)C1c1ccccc1.COC(=O)N1CCc2c([nH]c3ccc(Cl)cc23)C1c1cc(F)ccc1F.Clc1cccc(C2NCCc3c2[nH]c2ccc(Br)cc32)c1Cl.Fc1cc(F)cc(C2NCCc3c2[nH]c2ccc(Br)cc32)c1.O=[N+]([O-])c1ccc(C2NCCc3c2[nH]c2ccc(Br)cc32)cc1.S=C(NC1CCCCC1)N1CCc2c([nH]c3ccc(Br)cc23)C1c1cccc(Cl)c1. The summed E-state index contributed by atoms with van der Waals surface area (Å²) >= 11 is 48.8. The second kappa shape index (κ2) is 44.3. The van der Waals surface area contributed by atoms with E-state index in [1.165, 1.54) is 128 Å². The molecule has 33 heteroatoms. The van der Waals surface area contributed by atoms with E-state index in [1.54, 1.807) is 25.1 Å². The van der Waals surface area contributed by atoms with Crippen molar-refractivity contribution >= 4 is 226 Å². The molecule has 746 valence electrons. The highest BCUT2D eigenvalue weighted by molar-refractivity contribution is 9.11. The molecule has 2 amide bonds. The summed E-state index contributed by atoms with van der Waals surface area (Å²) < 4.78 is 65.6. The number of amides is 2. The van der Waals surface area contributed by atoms with Gasteiger partial charge in [0.05, 0.1) is 52.3 Å². The lowest BCUT2D eigenvalue weighted by Crippen LogP contribution is -2.49. The molecule has 18 aromatic rings. The smallest absolute Gasteiger partial charge is 0.410 e. The summed E-state index contributed by atoms with van der Waals surface area (Å²) in [7, 11) is 1.27. The van der Waals surface area contributed by atoms with Crippen LogP contribution in [0, 0.1) is 33.4 Å². The summed E-state index contributed by atoms with van der Waals surface area (Å²) in [5.74, 6) is -2.15. The number of nitrogens with one attached hydrogen (secondary N) is 10. The maximum atomic E-state index is 14.5. The van der Waals surface area contributed by atoms with Gasteiger partial charge in [-0.05, 0) is 283 Å². The number of hydrogen-bond donors (Lipinski definition) is 10. The van der Waals surface area contributed by atoms with Crippen LogP contribution in [0.3, 0.4) is 0 Å². The van der Waals surface area contributed by atoms with Gasteiger partial charge in [0.2, 0.25) is 5.91 Å². The number of hydrogen-bond acceptors (Lipinski definition) is 9. The van der Waals surface area contributed by atoms with E-state index < -0.39 is 35.4 Å². The average molecular weight is 2380 g/mol. The van der Waals surface area contributed by atoms with Crippen molar-refractivity contribution in [3.63, 3.8) is 0 Å². The predicted octanol–water partition coefficient (Wildman–Crippen LogP) is 30.0. The molecule has 0 spiro atoms. The van der Waals surface area contributed by atoms with Crippen LogP contribution in [0.5, 0.6) is 0 Å². The number of carbonyl (C=O) groups is 2. The molecule has 6 atom stereocenters. The van der Waals surface area contributed by atoms with E-state index >= 15 is 0 Å². The van der Waals surface area contributed by atoms with E-state index in [4.69, 9.17) is 63.4 Å². The van der Waals surface area contributed by atoms with Crippen molar-refractivity contribution in [1.82, 2.24) is 65.9 Å². The fraction of sp³-hybridized carbons (Fsp3) is 0.230. The molecule has 0 saturated heterocycles. The molecule has 6 aromatic heterocycles. The number of nitro groups is 1. The van der Waals surface area contributed by atoms with Gasteiger partial charge >= 0.3 is 6.09 Å². The second-order valence-electron chi connectivity index (χ2n) is 37.3. The molecule has 1 aliphatic carbocycles. The largest absolute Gasteiger partial charge is 0.453 e. The fourth-order valence-corrected chi connectivity index (χ4v) is 24.9. The number of rotatable bonds is 8. The van der Waals surface area contributed by atoms with Crippen molar-refractivity contribution < 1.29 is 36.8 Å². The number of non-ortho nitro benzene ring substituents is 1. The first-order chi connectivity index (χ1) is 70.6. The quantitative estimate of drug-likeness (QED) is 0.0297. The van der Waals surface area contributed by atoms with E-state index in [2.05, 4.69) is 227 Å². The molecule has 1 fully saturated rings. The number of halogens is 13. The number of carbonyl (C=O) groups excluding carboxylic acids is 2. The number of ether oxygens (including phenoxy) is 1. The van der Waals surface area contributed by atoms with Crippen LogP contribution in [-0.2, 0) is 48.1 Å². The number of aromatic amines is 6. The summed E-state index contributed by atoms with van der Waals surface area (Å²) in [5, 5.41) is 35.4. The lowest BCUT2D eigenvalue weighted by molar-refractivity contribution is -0.384. The van der Waals surface area contributed by atoms with E-state index in [9.17, 15) is 37.3 Å². The molecular formula is C113H97Br5Cl4F4N14O5S. The standard InChI is InChI=1S/C24H25BrClN3S.C19H17BrN2O.C19H15ClF2N2O2.C17H13BrCl2N2.C17H13BrF2N2.C17H14BrN3O2/c25-16-9-10-21-20(14-16)19-11-12-29(24(30)27-18-7-2-1-3-8-18)23(22(19)28-21)15-5-4-6-17(26)13-15;1-12(23)22-10-9-15-16-11-14(20)7-8-17(16)21-18(15)19(22)13-5-3-2-4-6-13;1-26-19(25)24-7-6-12-13-8-10(20)2-5-16(13)23-17(12)18(24)14-9-11(21)3-4-15(14)22;18-9-4-5-14-12(8-9)10-6-7-21-16(17(10)22-14)11-2-1-3-13(19)15(11)20;18-10-1-2-15-14(7-10)13-3-4-21-16(17(13)22-15)9-5-11(19)8-12(20)6-9;18-11-3-6-15-14(9-11)13-7-8-19-16(17(13)20-15)10-1-4-12(5-2-10)21(22)23/h4-6,9-10,13-14,18,23,28H,1-3,7-8,11-12H2,(H,27,30);2-8,11,19,21H,9-10H2,1H3;2-5,8-9,18,23H,6-7H2,1H3;1-5,8,16,21-22H,6-7H2;1-2,5-8,16,21-22H,3-4H2;1-6,9,16,19-20H,7-8H2. The van der Waals surface area contributed by atoms with Gasteiger partial charge in [-0.2, -0.15) is 0 Å². The first-order valence-corrected chi connectivity index (χ1v) is 54.1. The minimum absolute atomic E-state index is 0.0298. The van der Waals surface area contributed by atoms with Gasteiger partial charge in [-0.3, -0.25) is 19.8 Å². The number of nitrogens with zero attached hydrogens (tertiary/aromatic N) is 4. The number of H-pyrrole nitrogens is 6. The van der Waals surface area contributed by atoms with Gasteiger partial charge in [0.1, 0.15) is 29.3 Å². The van der Waals surface area contributed by atoms with Crippen molar-refractivity contribution in [3.8, 4) is 0 Å². The van der Waals surface area contributed by atoms with E-state index in [-0.39, 0.29) is 52.3 Å². The normalized spacial score (nSPS) is 17.8. The Bertz CT molecular complexity index is 8040. The zero-order valence-corrected chi connectivity index (χ0v) is 90.6. The van der Waals surface area contributed by atoms with Crippen LogP contribution in [-0.4, -0.2) is 119 Å². The summed E-state index contributed by atoms with van der Waals surface area (Å²) in [5.41, 5.74) is 25.5. The predicted molar refractivity (Wildman–Crippen MR) is 597 cm³/mol. The molecule has 12 aromatic carbocycles. The maximum Gasteiger partial charge on any atom is 0.410 e. The minimum atomic E-state index is -0.812. The fourth-order valence-electron chi connectivity index (χ4n) is 21.9. The third kappa shape index (κ3) is 21.4. The van der Waals surface area contributed by atoms with Crippen molar-refractivity contribution in [3.05, 3.63) is 419 Å². The number of aromatic nitrogens is 6. The molecule has 25 rings (SSSR count). The highest BCUT2D eigenvalue weighted by Gasteiger charge is 2.40. The van der Waals surface area contributed by atoms with Crippen molar-refractivity contribution in [2.45, 2.75) is 120 Å². The lowest BCUT2D eigenvalue weighted by atomic mass is 9.92. The molecule has 6 unspecified atom stereocenters. The molecule has 12 heterocycles. The molecule has 146 heavy (non-hydrogen) atoms. The highest BCUT2D eigenvalue weighted by atomic mass is 79.9. The molecule has 0 bridgehead atoms. The van der Waals surface area contributed by atoms with Crippen LogP contribution >= 0.6 is 138 Å². The van der Waals surface area contributed by atoms with Gasteiger partial charge < -0.3 is 65.7 Å². The highest BCUT2D eigenvalue weighted by Crippen LogP contribution is 2.47. The maximum absolute atomic E-state index is 14.5. The van der Waals surface area contributed by atoms with Gasteiger partial charge in [0, 0.05) is 208 Å². The second-order valence-corrected chi connectivity index (χ2v) is 43.9. The summed E-state index contributed by atoms with van der Waals surface area (Å²) in [4.78, 5) is 61.6.